The van der Waals surface area contributed by atoms with E-state index >= 15 is 0 Å². The second kappa shape index (κ2) is 9.41. The standard InChI is InChI=1S/C19H25BrN2O4/c1-23-18-9-14(17(20)10-19(18)24-2)11-21-12-15-3-4-16(26-15)13-22-5-7-25-8-6-22/h3-4,9-10,21H,5-8,11-13H2,1-2H3. The van der Waals surface area contributed by atoms with Crippen molar-refractivity contribution in [2.24, 2.45) is 0 Å². The third kappa shape index (κ3) is 5.01. The van der Waals surface area contributed by atoms with Crippen molar-refractivity contribution in [3.63, 3.8) is 0 Å². The maximum absolute atomic E-state index is 5.93. The molecule has 1 N–H and O–H groups in total. The van der Waals surface area contributed by atoms with Crippen LogP contribution in [0.1, 0.15) is 17.1 Å². The molecule has 3 rings (SSSR count). The van der Waals surface area contributed by atoms with Gasteiger partial charge in [-0.3, -0.25) is 4.90 Å². The molecule has 6 nitrogen and oxygen atoms in total. The number of nitrogens with one attached hydrogen (secondary N) is 1. The van der Waals surface area contributed by atoms with Gasteiger partial charge in [-0.05, 0) is 29.8 Å². The van der Waals surface area contributed by atoms with E-state index in [-0.39, 0.29) is 0 Å². The van der Waals surface area contributed by atoms with Gasteiger partial charge in [-0.1, -0.05) is 15.9 Å². The van der Waals surface area contributed by atoms with E-state index in [1.165, 1.54) is 0 Å². The molecule has 1 aromatic heterocycles. The van der Waals surface area contributed by atoms with Crippen LogP contribution in [-0.2, 0) is 24.4 Å². The Balaban J connectivity index is 1.52. The van der Waals surface area contributed by atoms with Crippen molar-refractivity contribution in [1.29, 1.82) is 0 Å². The van der Waals surface area contributed by atoms with Crippen LogP contribution in [0, 0.1) is 0 Å². The summed E-state index contributed by atoms with van der Waals surface area (Å²) in [6, 6.07) is 7.98. The molecule has 0 bridgehead atoms. The number of ether oxygens (including phenoxy) is 3. The van der Waals surface area contributed by atoms with Crippen LogP contribution in [-0.4, -0.2) is 45.4 Å². The highest BCUT2D eigenvalue weighted by molar-refractivity contribution is 9.10. The molecular weight excluding hydrogens is 400 g/mol. The topological polar surface area (TPSA) is 56.1 Å². The van der Waals surface area contributed by atoms with Crippen molar-refractivity contribution in [2.75, 3.05) is 40.5 Å². The van der Waals surface area contributed by atoms with E-state index in [2.05, 4.69) is 32.2 Å². The summed E-state index contributed by atoms with van der Waals surface area (Å²) < 4.78 is 23.0. The summed E-state index contributed by atoms with van der Waals surface area (Å²) in [5, 5.41) is 3.41. The van der Waals surface area contributed by atoms with Crippen molar-refractivity contribution in [3.8, 4) is 11.5 Å². The Morgan fingerprint density at radius 1 is 1.04 bits per heavy atom. The summed E-state index contributed by atoms with van der Waals surface area (Å²) >= 11 is 3.58. The fourth-order valence-corrected chi connectivity index (χ4v) is 3.40. The fourth-order valence-electron chi connectivity index (χ4n) is 2.93. The van der Waals surface area contributed by atoms with Crippen molar-refractivity contribution < 1.29 is 18.6 Å². The van der Waals surface area contributed by atoms with Gasteiger partial charge < -0.3 is 23.9 Å². The Morgan fingerprint density at radius 2 is 1.73 bits per heavy atom. The lowest BCUT2D eigenvalue weighted by molar-refractivity contribution is 0.0312. The molecule has 26 heavy (non-hydrogen) atoms. The zero-order valence-electron chi connectivity index (χ0n) is 15.2. The molecule has 0 unspecified atom stereocenters. The third-order valence-corrected chi connectivity index (χ3v) is 5.11. The molecule has 0 aliphatic carbocycles. The predicted octanol–water partition coefficient (Wildman–Crippen LogP) is 3.18. The zero-order chi connectivity index (χ0) is 18.4. The van der Waals surface area contributed by atoms with E-state index in [1.54, 1.807) is 14.2 Å². The highest BCUT2D eigenvalue weighted by Gasteiger charge is 2.13. The molecule has 1 saturated heterocycles. The van der Waals surface area contributed by atoms with Crippen LogP contribution in [0.3, 0.4) is 0 Å². The number of hydrogen-bond donors (Lipinski definition) is 1. The summed E-state index contributed by atoms with van der Waals surface area (Å²) in [4.78, 5) is 2.35. The monoisotopic (exact) mass is 424 g/mol. The van der Waals surface area contributed by atoms with E-state index < -0.39 is 0 Å². The highest BCUT2D eigenvalue weighted by atomic mass is 79.9. The number of halogens is 1. The quantitative estimate of drug-likeness (QED) is 0.701. The summed E-state index contributed by atoms with van der Waals surface area (Å²) in [5.74, 6) is 3.36. The fraction of sp³-hybridized carbons (Fsp3) is 0.474. The third-order valence-electron chi connectivity index (χ3n) is 4.37. The summed E-state index contributed by atoms with van der Waals surface area (Å²) in [5.41, 5.74) is 1.10. The maximum atomic E-state index is 5.93. The second-order valence-corrected chi connectivity index (χ2v) is 7.01. The first-order chi connectivity index (χ1) is 12.7. The number of methoxy groups -OCH3 is 2. The number of rotatable bonds is 8. The Kier molecular flexibility index (Phi) is 6.96. The van der Waals surface area contributed by atoms with Crippen LogP contribution < -0.4 is 14.8 Å². The van der Waals surface area contributed by atoms with Crippen LogP contribution in [0.2, 0.25) is 0 Å². The summed E-state index contributed by atoms with van der Waals surface area (Å²) in [7, 11) is 3.27. The van der Waals surface area contributed by atoms with E-state index in [0.29, 0.717) is 18.8 Å². The largest absolute Gasteiger partial charge is 0.493 e. The average Bonchev–Trinajstić information content (AvgIpc) is 3.10. The van der Waals surface area contributed by atoms with Crippen molar-refractivity contribution in [3.05, 3.63) is 45.8 Å². The molecule has 2 aromatic rings. The Hall–Kier alpha value is -1.54. The molecule has 142 valence electrons. The minimum Gasteiger partial charge on any atom is -0.493 e. The molecule has 7 heteroatoms. The maximum Gasteiger partial charge on any atom is 0.161 e. The highest BCUT2D eigenvalue weighted by Crippen LogP contribution is 2.33. The number of hydrogen-bond acceptors (Lipinski definition) is 6. The van der Waals surface area contributed by atoms with Gasteiger partial charge in [-0.15, -0.1) is 0 Å². The van der Waals surface area contributed by atoms with Crippen LogP contribution >= 0.6 is 15.9 Å². The molecule has 0 saturated carbocycles. The van der Waals surface area contributed by atoms with Gasteiger partial charge in [0, 0.05) is 24.1 Å². The molecule has 1 aliphatic rings. The first-order valence-corrected chi connectivity index (χ1v) is 9.47. The van der Waals surface area contributed by atoms with Crippen molar-refractivity contribution in [1.82, 2.24) is 10.2 Å². The van der Waals surface area contributed by atoms with Crippen molar-refractivity contribution in [2.45, 2.75) is 19.6 Å². The van der Waals surface area contributed by atoms with Gasteiger partial charge in [0.1, 0.15) is 11.5 Å². The van der Waals surface area contributed by atoms with E-state index in [1.807, 2.05) is 18.2 Å². The van der Waals surface area contributed by atoms with Gasteiger partial charge in [-0.2, -0.15) is 0 Å². The van der Waals surface area contributed by atoms with Gasteiger partial charge in [-0.25, -0.2) is 0 Å². The van der Waals surface area contributed by atoms with Gasteiger partial charge in [0.25, 0.3) is 0 Å². The van der Waals surface area contributed by atoms with E-state index in [9.17, 15) is 0 Å². The predicted molar refractivity (Wildman–Crippen MR) is 103 cm³/mol. The summed E-state index contributed by atoms with van der Waals surface area (Å²) in [6.07, 6.45) is 0. The van der Waals surface area contributed by atoms with E-state index in [4.69, 9.17) is 18.6 Å². The number of furan rings is 1. The normalized spacial score (nSPS) is 15.2. The SMILES string of the molecule is COc1cc(Br)c(CNCc2ccc(CN3CCOCC3)o2)cc1OC. The molecule has 0 spiro atoms. The first-order valence-electron chi connectivity index (χ1n) is 8.68. The lowest BCUT2D eigenvalue weighted by Crippen LogP contribution is -2.35. The zero-order valence-corrected chi connectivity index (χ0v) is 16.8. The van der Waals surface area contributed by atoms with Crippen LogP contribution in [0.5, 0.6) is 11.5 Å². The summed E-state index contributed by atoms with van der Waals surface area (Å²) in [6.45, 7) is 5.72. The Morgan fingerprint density at radius 3 is 2.46 bits per heavy atom. The molecule has 1 aliphatic heterocycles. The Labute approximate surface area is 162 Å². The lowest BCUT2D eigenvalue weighted by Gasteiger charge is -2.25. The number of morpholine rings is 1. The van der Waals surface area contributed by atoms with Crippen LogP contribution in [0.4, 0.5) is 0 Å². The number of nitrogens with zero attached hydrogens (tertiary/aromatic N) is 1. The molecule has 0 radical (unpaired) electrons. The second-order valence-electron chi connectivity index (χ2n) is 6.16. The molecule has 0 atom stereocenters. The number of benzene rings is 1. The van der Waals surface area contributed by atoms with Gasteiger partial charge in [0.2, 0.25) is 0 Å². The van der Waals surface area contributed by atoms with E-state index in [0.717, 1.165) is 60.2 Å². The molecular formula is C19H25BrN2O4. The smallest absolute Gasteiger partial charge is 0.161 e. The molecule has 0 amide bonds. The lowest BCUT2D eigenvalue weighted by atomic mass is 10.2. The average molecular weight is 425 g/mol. The minimum atomic E-state index is 0.671. The molecule has 1 aromatic carbocycles. The molecule has 1 fully saturated rings. The Bertz CT molecular complexity index is 714. The van der Waals surface area contributed by atoms with Crippen molar-refractivity contribution >= 4 is 15.9 Å². The van der Waals surface area contributed by atoms with Gasteiger partial charge in [0.15, 0.2) is 11.5 Å². The van der Waals surface area contributed by atoms with Crippen LogP contribution in [0.25, 0.3) is 0 Å². The minimum absolute atomic E-state index is 0.671. The van der Waals surface area contributed by atoms with Gasteiger partial charge in [0.05, 0.1) is 40.5 Å². The van der Waals surface area contributed by atoms with Gasteiger partial charge >= 0.3 is 0 Å². The molecule has 2 heterocycles. The van der Waals surface area contributed by atoms with Crippen LogP contribution in [0.15, 0.2) is 33.2 Å². The first kappa shape index (κ1) is 19.2.